The molecule has 1 aliphatic rings. The Balaban J connectivity index is 1.85. The number of alkyl halides is 4. The average molecular weight is 515 g/mol. The molecule has 1 fully saturated rings. The van der Waals surface area contributed by atoms with E-state index < -0.39 is 41.9 Å². The molecule has 188 valence electrons. The van der Waals surface area contributed by atoms with Gasteiger partial charge in [0.05, 0.1) is 28.5 Å². The fourth-order valence-electron chi connectivity index (χ4n) is 4.06. The van der Waals surface area contributed by atoms with Crippen molar-refractivity contribution in [2.75, 3.05) is 13.3 Å². The number of halogens is 4. The summed E-state index contributed by atoms with van der Waals surface area (Å²) in [5.74, 6) is -0.872. The van der Waals surface area contributed by atoms with Crippen LogP contribution in [0.3, 0.4) is 0 Å². The highest BCUT2D eigenvalue weighted by atomic mass is 32.2. The molecule has 1 amide bonds. The van der Waals surface area contributed by atoms with Crippen LogP contribution in [0.1, 0.15) is 35.7 Å². The number of nitrogens with zero attached hydrogens (tertiary/aromatic N) is 2. The standard InChI is InChI=1S/C22H22F4N4O4S/c23-9-12(10-24)29-35(32,33)15-5-7-17(28-11-15)20-19(21(27)31)16-6-4-14(34-22(25)26)8-18(16)30(20)13-2-1-3-13/h4-8,11-13,22,29H,1-3,9-10H2,(H2,27,31). The third-order valence-electron chi connectivity index (χ3n) is 5.87. The van der Waals surface area contributed by atoms with Gasteiger partial charge in [0.25, 0.3) is 5.91 Å². The van der Waals surface area contributed by atoms with Crippen molar-refractivity contribution in [3.8, 4) is 17.1 Å². The molecule has 0 spiro atoms. The van der Waals surface area contributed by atoms with Crippen LogP contribution < -0.4 is 15.2 Å². The largest absolute Gasteiger partial charge is 0.435 e. The number of carbonyl (C=O) groups is 1. The first-order chi connectivity index (χ1) is 16.7. The number of rotatable bonds is 10. The first-order valence-corrected chi connectivity index (χ1v) is 12.2. The second kappa shape index (κ2) is 9.82. The highest BCUT2D eigenvalue weighted by Gasteiger charge is 2.31. The van der Waals surface area contributed by atoms with Crippen LogP contribution in [0.2, 0.25) is 0 Å². The lowest BCUT2D eigenvalue weighted by atomic mass is 9.92. The molecular formula is C22H22F4N4O4S. The van der Waals surface area contributed by atoms with E-state index in [-0.39, 0.29) is 27.9 Å². The minimum Gasteiger partial charge on any atom is -0.435 e. The molecule has 0 unspecified atom stereocenters. The molecule has 0 radical (unpaired) electrons. The van der Waals surface area contributed by atoms with Gasteiger partial charge in [-0.3, -0.25) is 9.78 Å². The predicted octanol–water partition coefficient (Wildman–Crippen LogP) is 3.71. The Bertz CT molecular complexity index is 1340. The van der Waals surface area contributed by atoms with E-state index in [9.17, 15) is 30.8 Å². The lowest BCUT2D eigenvalue weighted by Gasteiger charge is -2.30. The number of primary amides is 1. The molecule has 0 aliphatic heterocycles. The van der Waals surface area contributed by atoms with Gasteiger partial charge in [-0.15, -0.1) is 0 Å². The van der Waals surface area contributed by atoms with Crippen LogP contribution in [0.25, 0.3) is 22.3 Å². The molecule has 1 saturated carbocycles. The van der Waals surface area contributed by atoms with Crippen LogP contribution in [0.4, 0.5) is 17.6 Å². The number of nitrogens with one attached hydrogen (secondary N) is 1. The summed E-state index contributed by atoms with van der Waals surface area (Å²) in [5.41, 5.74) is 6.77. The summed E-state index contributed by atoms with van der Waals surface area (Å²) in [6, 6.07) is 5.11. The Morgan fingerprint density at radius 3 is 2.43 bits per heavy atom. The second-order valence-electron chi connectivity index (χ2n) is 8.11. The molecule has 8 nitrogen and oxygen atoms in total. The third-order valence-corrected chi connectivity index (χ3v) is 7.38. The van der Waals surface area contributed by atoms with Gasteiger partial charge in [0.2, 0.25) is 10.0 Å². The van der Waals surface area contributed by atoms with E-state index in [1.165, 1.54) is 30.3 Å². The molecule has 1 aliphatic carbocycles. The Morgan fingerprint density at radius 2 is 1.91 bits per heavy atom. The normalized spacial score (nSPS) is 14.6. The van der Waals surface area contributed by atoms with Crippen molar-refractivity contribution in [3.63, 3.8) is 0 Å². The Kier molecular flexibility index (Phi) is 6.99. The number of sulfonamides is 1. The third kappa shape index (κ3) is 4.82. The number of hydrogen-bond acceptors (Lipinski definition) is 5. The minimum absolute atomic E-state index is 0.0656. The lowest BCUT2D eigenvalue weighted by molar-refractivity contribution is -0.0497. The number of carbonyl (C=O) groups excluding carboxylic acids is 1. The van der Waals surface area contributed by atoms with Crippen molar-refractivity contribution in [1.29, 1.82) is 0 Å². The zero-order chi connectivity index (χ0) is 25.3. The van der Waals surface area contributed by atoms with Gasteiger partial charge in [-0.05, 0) is 43.5 Å². The van der Waals surface area contributed by atoms with Crippen molar-refractivity contribution in [2.24, 2.45) is 5.73 Å². The maximum absolute atomic E-state index is 12.8. The van der Waals surface area contributed by atoms with Crippen LogP contribution >= 0.6 is 0 Å². The molecule has 0 atom stereocenters. The van der Waals surface area contributed by atoms with Crippen LogP contribution in [-0.2, 0) is 10.0 Å². The highest BCUT2D eigenvalue weighted by Crippen LogP contribution is 2.43. The molecule has 1 aromatic carbocycles. The molecule has 3 N–H and O–H groups in total. The van der Waals surface area contributed by atoms with E-state index >= 15 is 0 Å². The zero-order valence-corrected chi connectivity index (χ0v) is 19.1. The van der Waals surface area contributed by atoms with Gasteiger partial charge < -0.3 is 15.0 Å². The van der Waals surface area contributed by atoms with Crippen LogP contribution in [-0.4, -0.2) is 49.9 Å². The molecule has 0 bridgehead atoms. The number of fused-ring (bicyclic) bond motifs is 1. The number of benzene rings is 1. The topological polar surface area (TPSA) is 116 Å². The van der Waals surface area contributed by atoms with E-state index in [4.69, 9.17) is 5.73 Å². The van der Waals surface area contributed by atoms with E-state index in [0.717, 1.165) is 25.5 Å². The predicted molar refractivity (Wildman–Crippen MR) is 119 cm³/mol. The second-order valence-corrected chi connectivity index (χ2v) is 9.82. The van der Waals surface area contributed by atoms with Gasteiger partial charge in [-0.1, -0.05) is 0 Å². The molecule has 0 saturated heterocycles. The summed E-state index contributed by atoms with van der Waals surface area (Å²) in [6.45, 7) is -5.47. The fraction of sp³-hybridized carbons (Fsp3) is 0.364. The first-order valence-electron chi connectivity index (χ1n) is 10.7. The average Bonchev–Trinajstić information content (AvgIpc) is 3.10. The molecule has 3 aromatic rings. The number of amides is 1. The number of ether oxygens (including phenoxy) is 1. The van der Waals surface area contributed by atoms with E-state index in [2.05, 4.69) is 9.72 Å². The van der Waals surface area contributed by atoms with Crippen LogP contribution in [0.5, 0.6) is 5.75 Å². The molecule has 13 heteroatoms. The Hall–Kier alpha value is -3.19. The van der Waals surface area contributed by atoms with Crippen molar-refractivity contribution in [2.45, 2.75) is 42.9 Å². The van der Waals surface area contributed by atoms with Gasteiger partial charge in [0, 0.05) is 23.7 Å². The Labute approximate surface area is 198 Å². The van der Waals surface area contributed by atoms with E-state index in [0.29, 0.717) is 16.6 Å². The molecule has 2 aromatic heterocycles. The quantitative estimate of drug-likeness (QED) is 0.400. The fourth-order valence-corrected chi connectivity index (χ4v) is 5.20. The lowest BCUT2D eigenvalue weighted by Crippen LogP contribution is -2.37. The molecule has 35 heavy (non-hydrogen) atoms. The summed E-state index contributed by atoms with van der Waals surface area (Å²) in [6.07, 6.45) is 3.45. The monoisotopic (exact) mass is 514 g/mol. The smallest absolute Gasteiger partial charge is 0.387 e. The van der Waals surface area contributed by atoms with Crippen LogP contribution in [0.15, 0.2) is 41.4 Å². The van der Waals surface area contributed by atoms with E-state index in [1.807, 2.05) is 4.72 Å². The SMILES string of the molecule is NC(=O)c1c(-c2ccc(S(=O)(=O)NC(CF)CF)cn2)n(C2CCC2)c2cc(OC(F)F)ccc12. The molecular weight excluding hydrogens is 492 g/mol. The Morgan fingerprint density at radius 1 is 1.20 bits per heavy atom. The van der Waals surface area contributed by atoms with Crippen molar-refractivity contribution < 1.29 is 35.5 Å². The highest BCUT2D eigenvalue weighted by molar-refractivity contribution is 7.89. The van der Waals surface area contributed by atoms with Gasteiger partial charge in [-0.25, -0.2) is 21.9 Å². The van der Waals surface area contributed by atoms with Gasteiger partial charge in [-0.2, -0.15) is 8.78 Å². The minimum atomic E-state index is -4.25. The molecule has 4 rings (SSSR count). The van der Waals surface area contributed by atoms with Gasteiger partial charge in [0.15, 0.2) is 0 Å². The summed E-state index contributed by atoms with van der Waals surface area (Å²) in [7, 11) is -4.25. The summed E-state index contributed by atoms with van der Waals surface area (Å²) < 4.78 is 84.3. The number of pyridine rings is 1. The van der Waals surface area contributed by atoms with Crippen molar-refractivity contribution >= 4 is 26.8 Å². The van der Waals surface area contributed by atoms with Gasteiger partial charge >= 0.3 is 6.61 Å². The summed E-state index contributed by atoms with van der Waals surface area (Å²) in [4.78, 5) is 16.4. The van der Waals surface area contributed by atoms with E-state index in [1.54, 1.807) is 4.57 Å². The summed E-state index contributed by atoms with van der Waals surface area (Å²) in [5, 5.41) is 0.412. The summed E-state index contributed by atoms with van der Waals surface area (Å²) >= 11 is 0. The first kappa shape index (κ1) is 24.9. The van der Waals surface area contributed by atoms with Crippen molar-refractivity contribution in [1.82, 2.24) is 14.3 Å². The maximum Gasteiger partial charge on any atom is 0.387 e. The number of nitrogens with two attached hydrogens (primary N) is 1. The molecule has 2 heterocycles. The van der Waals surface area contributed by atoms with Crippen LogP contribution in [0, 0.1) is 0 Å². The zero-order valence-electron chi connectivity index (χ0n) is 18.3. The van der Waals surface area contributed by atoms with Gasteiger partial charge in [0.1, 0.15) is 24.0 Å². The number of hydrogen-bond donors (Lipinski definition) is 2. The van der Waals surface area contributed by atoms with Crippen molar-refractivity contribution in [3.05, 3.63) is 42.1 Å². The maximum atomic E-state index is 12.8. The number of aromatic nitrogens is 2.